The first-order valence-electron chi connectivity index (χ1n) is 8.43. The number of carbonyl (C=O) groups excluding carboxylic acids is 1. The van der Waals surface area contributed by atoms with Gasteiger partial charge in [-0.15, -0.1) is 0 Å². The highest BCUT2D eigenvalue weighted by Crippen LogP contribution is 2.38. The van der Waals surface area contributed by atoms with E-state index in [1.54, 1.807) is 24.1 Å². The van der Waals surface area contributed by atoms with Gasteiger partial charge in [0.25, 0.3) is 5.91 Å². The highest BCUT2D eigenvalue weighted by Gasteiger charge is 2.34. The van der Waals surface area contributed by atoms with E-state index in [1.807, 2.05) is 30.5 Å². The Morgan fingerprint density at radius 3 is 2.62 bits per heavy atom. The molecule has 0 spiro atoms. The second kappa shape index (κ2) is 6.29. The lowest BCUT2D eigenvalue weighted by molar-refractivity contribution is 0.0796. The van der Waals surface area contributed by atoms with E-state index in [2.05, 4.69) is 5.32 Å². The van der Waals surface area contributed by atoms with Crippen LogP contribution in [0.1, 0.15) is 22.3 Å². The van der Waals surface area contributed by atoms with E-state index < -0.39 is 0 Å². The number of methoxy groups -OCH3 is 2. The fourth-order valence-electron chi connectivity index (χ4n) is 3.49. The maximum Gasteiger partial charge on any atom is 0.260 e. The van der Waals surface area contributed by atoms with Crippen LogP contribution in [-0.4, -0.2) is 42.7 Å². The van der Waals surface area contributed by atoms with Gasteiger partial charge in [-0.2, -0.15) is 0 Å². The van der Waals surface area contributed by atoms with Gasteiger partial charge in [0.2, 0.25) is 0 Å². The van der Waals surface area contributed by atoms with Gasteiger partial charge in [-0.3, -0.25) is 4.79 Å². The Bertz CT molecular complexity index is 889. The zero-order valence-electron chi connectivity index (χ0n) is 14.7. The summed E-state index contributed by atoms with van der Waals surface area (Å²) >= 11 is 0. The molecule has 1 unspecified atom stereocenters. The molecule has 0 aliphatic carbocycles. The summed E-state index contributed by atoms with van der Waals surface area (Å²) in [6, 6.07) is 11.0. The molecule has 0 bridgehead atoms. The van der Waals surface area contributed by atoms with Gasteiger partial charge in [-0.05, 0) is 35.8 Å². The van der Waals surface area contributed by atoms with Crippen LogP contribution in [-0.2, 0) is 0 Å². The quantitative estimate of drug-likeness (QED) is 0.888. The summed E-state index contributed by atoms with van der Waals surface area (Å²) in [7, 11) is 3.11. The van der Waals surface area contributed by atoms with Crippen molar-refractivity contribution in [3.8, 4) is 17.2 Å². The molecule has 6 nitrogen and oxygen atoms in total. The van der Waals surface area contributed by atoms with Crippen LogP contribution in [0, 0.1) is 0 Å². The molecule has 134 valence electrons. The predicted molar refractivity (Wildman–Crippen MR) is 98.7 cm³/mol. The number of hydrogen-bond acceptors (Lipinski definition) is 5. The van der Waals surface area contributed by atoms with E-state index in [0.29, 0.717) is 17.8 Å². The second-order valence-electron chi connectivity index (χ2n) is 6.40. The molecule has 2 aromatic carbocycles. The Morgan fingerprint density at radius 1 is 1.15 bits per heavy atom. The number of aromatic hydroxyl groups is 1. The molecule has 1 atom stereocenters. The normalized spacial score (nSPS) is 18.4. The fraction of sp³-hybridized carbons (Fsp3) is 0.250. The molecular weight excluding hydrogens is 332 g/mol. The number of phenols is 1. The van der Waals surface area contributed by atoms with Crippen molar-refractivity contribution in [2.24, 2.45) is 0 Å². The molecule has 1 amide bonds. The van der Waals surface area contributed by atoms with Gasteiger partial charge in [0, 0.05) is 18.8 Å². The monoisotopic (exact) mass is 352 g/mol. The number of benzene rings is 2. The molecule has 2 aliphatic heterocycles. The van der Waals surface area contributed by atoms with E-state index in [1.165, 1.54) is 7.11 Å². The molecule has 26 heavy (non-hydrogen) atoms. The third-order valence-corrected chi connectivity index (χ3v) is 4.92. The van der Waals surface area contributed by atoms with Crippen LogP contribution in [0.5, 0.6) is 17.2 Å². The second-order valence-corrected chi connectivity index (χ2v) is 6.40. The van der Waals surface area contributed by atoms with Gasteiger partial charge >= 0.3 is 0 Å². The molecule has 0 saturated heterocycles. The zero-order chi connectivity index (χ0) is 18.3. The van der Waals surface area contributed by atoms with E-state index >= 15 is 0 Å². The Balaban J connectivity index is 1.68. The number of anilines is 1. The first-order valence-corrected chi connectivity index (χ1v) is 8.43. The van der Waals surface area contributed by atoms with Crippen LogP contribution in [0.4, 0.5) is 5.69 Å². The third-order valence-electron chi connectivity index (χ3n) is 4.92. The lowest BCUT2D eigenvalue weighted by Gasteiger charge is -2.20. The zero-order valence-corrected chi connectivity index (χ0v) is 14.7. The molecular formula is C20H20N2O4. The summed E-state index contributed by atoms with van der Waals surface area (Å²) in [6.45, 7) is 0.612. The van der Waals surface area contributed by atoms with Crippen molar-refractivity contribution in [1.29, 1.82) is 0 Å². The molecule has 2 aromatic rings. The number of carbonyl (C=O) groups is 1. The number of hydrogen-bond donors (Lipinski definition) is 2. The number of amides is 1. The summed E-state index contributed by atoms with van der Waals surface area (Å²) in [4.78, 5) is 14.8. The van der Waals surface area contributed by atoms with E-state index in [0.717, 1.165) is 23.3 Å². The van der Waals surface area contributed by atoms with Crippen molar-refractivity contribution in [2.45, 2.75) is 12.5 Å². The highest BCUT2D eigenvalue weighted by atomic mass is 16.5. The van der Waals surface area contributed by atoms with Crippen molar-refractivity contribution < 1.29 is 19.4 Å². The van der Waals surface area contributed by atoms with Crippen LogP contribution < -0.4 is 14.8 Å². The molecule has 4 rings (SSSR count). The van der Waals surface area contributed by atoms with Crippen molar-refractivity contribution >= 4 is 17.2 Å². The summed E-state index contributed by atoms with van der Waals surface area (Å²) in [5, 5.41) is 13.2. The van der Waals surface area contributed by atoms with Gasteiger partial charge in [0.05, 0.1) is 31.5 Å². The Kier molecular flexibility index (Phi) is 3.95. The lowest BCUT2D eigenvalue weighted by atomic mass is 10.0. The summed E-state index contributed by atoms with van der Waals surface area (Å²) in [5.41, 5.74) is 3.31. The van der Waals surface area contributed by atoms with Crippen molar-refractivity contribution in [2.75, 3.05) is 26.1 Å². The van der Waals surface area contributed by atoms with E-state index in [9.17, 15) is 9.90 Å². The largest absolute Gasteiger partial charge is 0.504 e. The van der Waals surface area contributed by atoms with Crippen LogP contribution in [0.2, 0.25) is 0 Å². The average Bonchev–Trinajstić information content (AvgIpc) is 3.05. The van der Waals surface area contributed by atoms with Crippen LogP contribution >= 0.6 is 0 Å². The number of fused-ring (bicyclic) bond motifs is 2. The average molecular weight is 352 g/mol. The van der Waals surface area contributed by atoms with Gasteiger partial charge < -0.3 is 24.8 Å². The maximum absolute atomic E-state index is 13.1. The molecule has 6 heteroatoms. The standard InChI is InChI=1S/C20H20N2O4/c1-25-15-5-3-12(4-6-15)13-7-14-10-21-17-9-18(23)19(26-2)8-16(17)20(24)22(14)11-13/h3-6,8-9,11,14,21,23H,7,10H2,1-2H3. The topological polar surface area (TPSA) is 71.0 Å². The van der Waals surface area contributed by atoms with Gasteiger partial charge in [-0.1, -0.05) is 12.1 Å². The summed E-state index contributed by atoms with van der Waals surface area (Å²) in [5.74, 6) is 1.01. The molecule has 0 saturated carbocycles. The molecule has 2 heterocycles. The van der Waals surface area contributed by atoms with Crippen molar-refractivity contribution in [3.05, 3.63) is 53.7 Å². The third kappa shape index (κ3) is 2.63. The van der Waals surface area contributed by atoms with E-state index in [-0.39, 0.29) is 23.4 Å². The van der Waals surface area contributed by atoms with Crippen LogP contribution in [0.3, 0.4) is 0 Å². The van der Waals surface area contributed by atoms with Crippen molar-refractivity contribution in [3.63, 3.8) is 0 Å². The Hall–Kier alpha value is -3.15. The lowest BCUT2D eigenvalue weighted by Crippen LogP contribution is -2.34. The van der Waals surface area contributed by atoms with Crippen LogP contribution in [0.25, 0.3) is 5.57 Å². The number of rotatable bonds is 3. The molecule has 2 N–H and O–H groups in total. The molecule has 0 aromatic heterocycles. The first-order chi connectivity index (χ1) is 12.6. The summed E-state index contributed by atoms with van der Waals surface area (Å²) in [6.07, 6.45) is 2.69. The highest BCUT2D eigenvalue weighted by molar-refractivity contribution is 6.03. The minimum Gasteiger partial charge on any atom is -0.504 e. The molecule has 0 radical (unpaired) electrons. The van der Waals surface area contributed by atoms with Gasteiger partial charge in [0.15, 0.2) is 11.5 Å². The van der Waals surface area contributed by atoms with Crippen molar-refractivity contribution in [1.82, 2.24) is 4.90 Å². The number of nitrogens with zero attached hydrogens (tertiary/aromatic N) is 1. The minimum atomic E-state index is -0.100. The number of nitrogens with one attached hydrogen (secondary N) is 1. The van der Waals surface area contributed by atoms with Gasteiger partial charge in [-0.25, -0.2) is 0 Å². The maximum atomic E-state index is 13.1. The predicted octanol–water partition coefficient (Wildman–Crippen LogP) is 3.09. The van der Waals surface area contributed by atoms with Gasteiger partial charge in [0.1, 0.15) is 5.75 Å². The smallest absolute Gasteiger partial charge is 0.260 e. The summed E-state index contributed by atoms with van der Waals surface area (Å²) < 4.78 is 10.4. The number of phenolic OH excluding ortho intramolecular Hbond substituents is 1. The number of ether oxygens (including phenoxy) is 2. The van der Waals surface area contributed by atoms with Crippen LogP contribution in [0.15, 0.2) is 42.6 Å². The minimum absolute atomic E-state index is 0.0167. The Morgan fingerprint density at radius 2 is 1.92 bits per heavy atom. The first kappa shape index (κ1) is 16.3. The SMILES string of the molecule is COc1ccc(C2=CN3C(=O)c4cc(OC)c(O)cc4NCC3C2)cc1. The molecule has 2 aliphatic rings. The fourth-order valence-corrected chi connectivity index (χ4v) is 3.49. The molecule has 0 fully saturated rings. The Labute approximate surface area is 151 Å². The van der Waals surface area contributed by atoms with E-state index in [4.69, 9.17) is 9.47 Å².